The van der Waals surface area contributed by atoms with Crippen molar-refractivity contribution in [3.63, 3.8) is 0 Å². The third kappa shape index (κ3) is 3.17. The number of hydrogen-bond acceptors (Lipinski definition) is 3. The molecule has 0 amide bonds. The lowest BCUT2D eigenvalue weighted by atomic mass is 10.2. The number of phenolic OH excluding ortho intramolecular Hbond substituents is 1. The van der Waals surface area contributed by atoms with E-state index in [4.69, 9.17) is 9.47 Å². The molecule has 0 aliphatic heterocycles. The van der Waals surface area contributed by atoms with E-state index in [9.17, 15) is 5.11 Å². The molecule has 0 heterocycles. The number of rotatable bonds is 4. The number of methoxy groups -OCH3 is 1. The Kier molecular flexibility index (Phi) is 4.10. The highest BCUT2D eigenvalue weighted by atomic mass is 79.9. The summed E-state index contributed by atoms with van der Waals surface area (Å²) in [6.45, 7) is 0.397. The van der Waals surface area contributed by atoms with Crippen LogP contribution in [0.2, 0.25) is 0 Å². The molecule has 0 saturated carbocycles. The quantitative estimate of drug-likeness (QED) is 0.935. The van der Waals surface area contributed by atoms with Gasteiger partial charge in [0.25, 0.3) is 0 Å². The molecule has 0 atom stereocenters. The summed E-state index contributed by atoms with van der Waals surface area (Å²) in [7, 11) is 1.63. The zero-order valence-electron chi connectivity index (χ0n) is 9.89. The molecule has 94 valence electrons. The minimum Gasteiger partial charge on any atom is -0.504 e. The largest absolute Gasteiger partial charge is 0.504 e. The molecule has 1 N–H and O–H groups in total. The van der Waals surface area contributed by atoms with Crippen molar-refractivity contribution in [1.29, 1.82) is 0 Å². The predicted octanol–water partition coefficient (Wildman–Crippen LogP) is 3.74. The fraction of sp³-hybridized carbons (Fsp3) is 0.143. The van der Waals surface area contributed by atoms with Crippen molar-refractivity contribution in [3.8, 4) is 17.2 Å². The normalized spacial score (nSPS) is 10.1. The van der Waals surface area contributed by atoms with Gasteiger partial charge in [0, 0.05) is 4.47 Å². The molecule has 0 radical (unpaired) electrons. The standard InChI is InChI=1S/C14H13BrO3/c1-17-12-5-2-10(3-6-12)9-18-14-8-11(15)4-7-13(14)16/h2-8,16H,9H2,1H3. The summed E-state index contributed by atoms with van der Waals surface area (Å²) in [5.74, 6) is 1.40. The van der Waals surface area contributed by atoms with E-state index in [0.717, 1.165) is 15.8 Å². The molecular formula is C14H13BrO3. The van der Waals surface area contributed by atoms with Crippen LogP contribution in [0.5, 0.6) is 17.2 Å². The van der Waals surface area contributed by atoms with E-state index in [1.807, 2.05) is 24.3 Å². The van der Waals surface area contributed by atoms with Gasteiger partial charge in [-0.2, -0.15) is 0 Å². The lowest BCUT2D eigenvalue weighted by molar-refractivity contribution is 0.288. The molecule has 0 unspecified atom stereocenters. The van der Waals surface area contributed by atoms with E-state index in [1.165, 1.54) is 0 Å². The van der Waals surface area contributed by atoms with Gasteiger partial charge in [-0.3, -0.25) is 0 Å². The lowest BCUT2D eigenvalue weighted by Gasteiger charge is -2.09. The van der Waals surface area contributed by atoms with Crippen LogP contribution in [0.3, 0.4) is 0 Å². The molecule has 2 aromatic carbocycles. The van der Waals surface area contributed by atoms with E-state index in [-0.39, 0.29) is 5.75 Å². The third-order valence-corrected chi connectivity index (χ3v) is 2.97. The van der Waals surface area contributed by atoms with Crippen LogP contribution in [0.15, 0.2) is 46.9 Å². The van der Waals surface area contributed by atoms with Crippen molar-refractivity contribution in [3.05, 3.63) is 52.5 Å². The molecule has 4 heteroatoms. The number of ether oxygens (including phenoxy) is 2. The van der Waals surface area contributed by atoms with Gasteiger partial charge < -0.3 is 14.6 Å². The summed E-state index contributed by atoms with van der Waals surface area (Å²) in [5.41, 5.74) is 1.01. The van der Waals surface area contributed by atoms with Gasteiger partial charge in [0.05, 0.1) is 7.11 Å². The zero-order chi connectivity index (χ0) is 13.0. The second-order valence-electron chi connectivity index (χ2n) is 3.75. The Morgan fingerprint density at radius 2 is 1.83 bits per heavy atom. The first-order valence-corrected chi connectivity index (χ1v) is 6.22. The maximum absolute atomic E-state index is 9.63. The molecule has 0 bridgehead atoms. The van der Waals surface area contributed by atoms with Gasteiger partial charge in [-0.25, -0.2) is 0 Å². The summed E-state index contributed by atoms with van der Waals surface area (Å²) in [6, 6.07) is 12.7. The van der Waals surface area contributed by atoms with Crippen molar-refractivity contribution >= 4 is 15.9 Å². The van der Waals surface area contributed by atoms with Crippen LogP contribution in [-0.2, 0) is 6.61 Å². The third-order valence-electron chi connectivity index (χ3n) is 2.48. The van der Waals surface area contributed by atoms with Crippen LogP contribution in [0.25, 0.3) is 0 Å². The van der Waals surface area contributed by atoms with Gasteiger partial charge in [-0.05, 0) is 35.9 Å². The van der Waals surface area contributed by atoms with Gasteiger partial charge in [0.2, 0.25) is 0 Å². The molecule has 0 spiro atoms. The smallest absolute Gasteiger partial charge is 0.162 e. The maximum atomic E-state index is 9.63. The van der Waals surface area contributed by atoms with E-state index < -0.39 is 0 Å². The molecular weight excluding hydrogens is 296 g/mol. The van der Waals surface area contributed by atoms with Gasteiger partial charge in [-0.1, -0.05) is 28.1 Å². The Morgan fingerprint density at radius 3 is 2.50 bits per heavy atom. The Morgan fingerprint density at radius 1 is 1.11 bits per heavy atom. The molecule has 2 rings (SSSR count). The van der Waals surface area contributed by atoms with E-state index >= 15 is 0 Å². The summed E-state index contributed by atoms with van der Waals surface area (Å²) in [5, 5.41) is 9.63. The van der Waals surface area contributed by atoms with E-state index in [2.05, 4.69) is 15.9 Å². The average Bonchev–Trinajstić information content (AvgIpc) is 2.40. The first-order valence-electron chi connectivity index (χ1n) is 5.43. The maximum Gasteiger partial charge on any atom is 0.162 e. The van der Waals surface area contributed by atoms with Crippen molar-refractivity contribution in [1.82, 2.24) is 0 Å². The monoisotopic (exact) mass is 308 g/mol. The number of halogens is 1. The van der Waals surface area contributed by atoms with Gasteiger partial charge in [0.15, 0.2) is 11.5 Å². The van der Waals surface area contributed by atoms with Crippen LogP contribution >= 0.6 is 15.9 Å². The molecule has 0 aromatic heterocycles. The molecule has 0 fully saturated rings. The Balaban J connectivity index is 2.04. The van der Waals surface area contributed by atoms with E-state index in [0.29, 0.717) is 12.4 Å². The lowest BCUT2D eigenvalue weighted by Crippen LogP contribution is -1.95. The molecule has 0 aliphatic rings. The summed E-state index contributed by atoms with van der Waals surface area (Å²) < 4.78 is 11.5. The second kappa shape index (κ2) is 5.78. The van der Waals surface area contributed by atoms with E-state index in [1.54, 1.807) is 25.3 Å². The fourth-order valence-corrected chi connectivity index (χ4v) is 1.83. The van der Waals surface area contributed by atoms with Crippen LogP contribution in [-0.4, -0.2) is 12.2 Å². The Bertz CT molecular complexity index is 523. The molecule has 18 heavy (non-hydrogen) atoms. The first kappa shape index (κ1) is 12.8. The second-order valence-corrected chi connectivity index (χ2v) is 4.66. The molecule has 3 nitrogen and oxygen atoms in total. The topological polar surface area (TPSA) is 38.7 Å². The van der Waals surface area contributed by atoms with Crippen LogP contribution in [0.4, 0.5) is 0 Å². The van der Waals surface area contributed by atoms with Gasteiger partial charge >= 0.3 is 0 Å². The van der Waals surface area contributed by atoms with Crippen molar-refractivity contribution in [2.45, 2.75) is 6.61 Å². The average molecular weight is 309 g/mol. The fourth-order valence-electron chi connectivity index (χ4n) is 1.49. The highest BCUT2D eigenvalue weighted by Gasteiger charge is 2.03. The summed E-state index contributed by atoms with van der Waals surface area (Å²) >= 11 is 3.33. The van der Waals surface area contributed by atoms with Crippen molar-refractivity contribution < 1.29 is 14.6 Å². The van der Waals surface area contributed by atoms with Gasteiger partial charge in [-0.15, -0.1) is 0 Å². The minimum absolute atomic E-state index is 0.131. The molecule has 2 aromatic rings. The van der Waals surface area contributed by atoms with Crippen molar-refractivity contribution in [2.24, 2.45) is 0 Å². The van der Waals surface area contributed by atoms with Crippen LogP contribution in [0, 0.1) is 0 Å². The predicted molar refractivity (Wildman–Crippen MR) is 73.1 cm³/mol. The SMILES string of the molecule is COc1ccc(COc2cc(Br)ccc2O)cc1. The van der Waals surface area contributed by atoms with Crippen molar-refractivity contribution in [2.75, 3.05) is 7.11 Å². The molecule has 0 aliphatic carbocycles. The number of aromatic hydroxyl groups is 1. The Labute approximate surface area is 114 Å². The highest BCUT2D eigenvalue weighted by molar-refractivity contribution is 9.10. The minimum atomic E-state index is 0.131. The van der Waals surface area contributed by atoms with Crippen LogP contribution in [0.1, 0.15) is 5.56 Å². The highest BCUT2D eigenvalue weighted by Crippen LogP contribution is 2.29. The first-order chi connectivity index (χ1) is 8.69. The molecule has 0 saturated heterocycles. The number of benzene rings is 2. The zero-order valence-corrected chi connectivity index (χ0v) is 11.5. The number of phenols is 1. The number of hydrogen-bond donors (Lipinski definition) is 1. The summed E-state index contributed by atoms with van der Waals surface area (Å²) in [4.78, 5) is 0. The van der Waals surface area contributed by atoms with Crippen LogP contribution < -0.4 is 9.47 Å². The summed E-state index contributed by atoms with van der Waals surface area (Å²) in [6.07, 6.45) is 0. The van der Waals surface area contributed by atoms with Gasteiger partial charge in [0.1, 0.15) is 12.4 Å². The Hall–Kier alpha value is -1.68.